The standard InChI is InChI=1S/C25H23F2N3O/c1-29-12-11-20(16-30-25(31)19-8-10-23(26)24(27)14-19)18-7-9-22(21(13-18)15-28)17-5-3-2-4-6-17/h2-10,13-14,20,29H,11-12,16H2,1H3,(H,30,31). The van der Waals surface area contributed by atoms with Gasteiger partial charge in [0.15, 0.2) is 11.6 Å². The minimum atomic E-state index is -1.06. The van der Waals surface area contributed by atoms with Crippen LogP contribution in [-0.2, 0) is 0 Å². The fourth-order valence-corrected chi connectivity index (χ4v) is 3.44. The molecule has 1 atom stereocenters. The second-order valence-electron chi connectivity index (χ2n) is 7.21. The smallest absolute Gasteiger partial charge is 0.251 e. The van der Waals surface area contributed by atoms with Gasteiger partial charge in [-0.1, -0.05) is 42.5 Å². The van der Waals surface area contributed by atoms with Crippen LogP contribution in [0.1, 0.15) is 33.8 Å². The Balaban J connectivity index is 1.81. The molecule has 0 aliphatic heterocycles. The number of benzene rings is 3. The van der Waals surface area contributed by atoms with Gasteiger partial charge in [0.25, 0.3) is 5.91 Å². The van der Waals surface area contributed by atoms with Gasteiger partial charge in [-0.2, -0.15) is 5.26 Å². The summed E-state index contributed by atoms with van der Waals surface area (Å²) in [7, 11) is 1.84. The van der Waals surface area contributed by atoms with Crippen molar-refractivity contribution in [2.75, 3.05) is 20.1 Å². The number of amides is 1. The Labute approximate surface area is 180 Å². The molecule has 4 nitrogen and oxygen atoms in total. The zero-order chi connectivity index (χ0) is 22.2. The van der Waals surface area contributed by atoms with Gasteiger partial charge < -0.3 is 10.6 Å². The summed E-state index contributed by atoms with van der Waals surface area (Å²) < 4.78 is 26.6. The van der Waals surface area contributed by atoms with Crippen LogP contribution in [0, 0.1) is 23.0 Å². The number of hydrogen-bond donors (Lipinski definition) is 2. The van der Waals surface area contributed by atoms with E-state index >= 15 is 0 Å². The Hall–Kier alpha value is -3.56. The average Bonchev–Trinajstić information content (AvgIpc) is 2.81. The molecule has 0 saturated heterocycles. The maximum atomic E-state index is 13.4. The van der Waals surface area contributed by atoms with Crippen LogP contribution < -0.4 is 10.6 Å². The van der Waals surface area contributed by atoms with Gasteiger partial charge in [-0.3, -0.25) is 4.79 Å². The lowest BCUT2D eigenvalue weighted by Crippen LogP contribution is -2.30. The number of nitrogens with one attached hydrogen (secondary N) is 2. The Bertz CT molecular complexity index is 1090. The van der Waals surface area contributed by atoms with Gasteiger partial charge in [0.2, 0.25) is 0 Å². The highest BCUT2D eigenvalue weighted by Gasteiger charge is 2.17. The van der Waals surface area contributed by atoms with E-state index in [9.17, 15) is 18.8 Å². The third-order valence-electron chi connectivity index (χ3n) is 5.15. The van der Waals surface area contributed by atoms with Crippen molar-refractivity contribution >= 4 is 5.91 Å². The third-order valence-corrected chi connectivity index (χ3v) is 5.15. The largest absolute Gasteiger partial charge is 0.351 e. The van der Waals surface area contributed by atoms with Crippen molar-refractivity contribution in [1.29, 1.82) is 5.26 Å². The second-order valence-corrected chi connectivity index (χ2v) is 7.21. The van der Waals surface area contributed by atoms with Crippen LogP contribution in [0.2, 0.25) is 0 Å². The van der Waals surface area contributed by atoms with Crippen molar-refractivity contribution in [1.82, 2.24) is 10.6 Å². The van der Waals surface area contributed by atoms with E-state index in [2.05, 4.69) is 16.7 Å². The molecule has 3 aromatic carbocycles. The first-order chi connectivity index (χ1) is 15.0. The summed E-state index contributed by atoms with van der Waals surface area (Å²) in [6, 6.07) is 20.8. The zero-order valence-corrected chi connectivity index (χ0v) is 17.2. The molecule has 0 saturated carbocycles. The lowest BCUT2D eigenvalue weighted by Gasteiger charge is -2.19. The number of hydrogen-bond acceptors (Lipinski definition) is 3. The minimum Gasteiger partial charge on any atom is -0.351 e. The molecule has 0 radical (unpaired) electrons. The van der Waals surface area contributed by atoms with Crippen molar-refractivity contribution in [2.24, 2.45) is 0 Å². The quantitative estimate of drug-likeness (QED) is 0.560. The van der Waals surface area contributed by atoms with Crippen molar-refractivity contribution in [2.45, 2.75) is 12.3 Å². The van der Waals surface area contributed by atoms with Gasteiger partial charge in [-0.15, -0.1) is 0 Å². The monoisotopic (exact) mass is 419 g/mol. The van der Waals surface area contributed by atoms with Crippen molar-refractivity contribution in [3.8, 4) is 17.2 Å². The van der Waals surface area contributed by atoms with E-state index in [0.717, 1.165) is 35.2 Å². The highest BCUT2D eigenvalue weighted by molar-refractivity contribution is 5.94. The summed E-state index contributed by atoms with van der Waals surface area (Å²) in [5.41, 5.74) is 3.36. The molecule has 1 amide bonds. The maximum Gasteiger partial charge on any atom is 0.251 e. The number of nitriles is 1. The van der Waals surface area contributed by atoms with Crippen LogP contribution in [0.3, 0.4) is 0 Å². The summed E-state index contributed by atoms with van der Waals surface area (Å²) in [5.74, 6) is -2.59. The fourth-order valence-electron chi connectivity index (χ4n) is 3.44. The van der Waals surface area contributed by atoms with Crippen LogP contribution in [0.5, 0.6) is 0 Å². The first kappa shape index (κ1) is 22.1. The molecule has 2 N–H and O–H groups in total. The minimum absolute atomic E-state index is 0.0568. The molecule has 3 rings (SSSR count). The molecule has 3 aromatic rings. The summed E-state index contributed by atoms with van der Waals surface area (Å²) in [4.78, 5) is 12.4. The Kier molecular flexibility index (Phi) is 7.47. The van der Waals surface area contributed by atoms with Crippen molar-refractivity contribution < 1.29 is 13.6 Å². The molecular formula is C25H23F2N3O. The molecule has 0 bridgehead atoms. The highest BCUT2D eigenvalue weighted by Crippen LogP contribution is 2.28. The first-order valence-electron chi connectivity index (χ1n) is 10.0. The number of carbonyl (C=O) groups is 1. The zero-order valence-electron chi connectivity index (χ0n) is 17.2. The molecule has 1 unspecified atom stereocenters. The van der Waals surface area contributed by atoms with Crippen LogP contribution in [-0.4, -0.2) is 26.0 Å². The Morgan fingerprint density at radius 2 is 1.81 bits per heavy atom. The topological polar surface area (TPSA) is 64.9 Å². The molecule has 0 aliphatic rings. The van der Waals surface area contributed by atoms with E-state index in [0.29, 0.717) is 18.7 Å². The molecule has 6 heteroatoms. The van der Waals surface area contributed by atoms with Crippen molar-refractivity contribution in [3.63, 3.8) is 0 Å². The Morgan fingerprint density at radius 1 is 1.03 bits per heavy atom. The summed E-state index contributed by atoms with van der Waals surface area (Å²) in [5, 5.41) is 15.6. The predicted molar refractivity (Wildman–Crippen MR) is 117 cm³/mol. The van der Waals surface area contributed by atoms with Gasteiger partial charge in [0.1, 0.15) is 0 Å². The van der Waals surface area contributed by atoms with E-state index in [-0.39, 0.29) is 11.5 Å². The summed E-state index contributed by atoms with van der Waals surface area (Å²) >= 11 is 0. The molecular weight excluding hydrogens is 396 g/mol. The van der Waals surface area contributed by atoms with Gasteiger partial charge in [-0.25, -0.2) is 8.78 Å². The van der Waals surface area contributed by atoms with Gasteiger partial charge in [-0.05, 0) is 61.0 Å². The third kappa shape index (κ3) is 5.53. The molecule has 0 aliphatic carbocycles. The van der Waals surface area contributed by atoms with Crippen molar-refractivity contribution in [3.05, 3.63) is 95.1 Å². The number of rotatable bonds is 8. The number of halogens is 2. The van der Waals surface area contributed by atoms with E-state index in [1.165, 1.54) is 6.07 Å². The number of nitrogens with zero attached hydrogens (tertiary/aromatic N) is 1. The van der Waals surface area contributed by atoms with E-state index in [4.69, 9.17) is 0 Å². The molecule has 31 heavy (non-hydrogen) atoms. The van der Waals surface area contributed by atoms with E-state index in [1.807, 2.05) is 55.6 Å². The summed E-state index contributed by atoms with van der Waals surface area (Å²) in [6.07, 6.45) is 0.726. The lowest BCUT2D eigenvalue weighted by molar-refractivity contribution is 0.0950. The average molecular weight is 419 g/mol. The number of carbonyl (C=O) groups excluding carboxylic acids is 1. The highest BCUT2D eigenvalue weighted by atomic mass is 19.2. The van der Waals surface area contributed by atoms with Crippen LogP contribution in [0.4, 0.5) is 8.78 Å². The second kappa shape index (κ2) is 10.5. The van der Waals surface area contributed by atoms with Crippen LogP contribution in [0.15, 0.2) is 66.7 Å². The molecule has 0 aromatic heterocycles. The van der Waals surface area contributed by atoms with Gasteiger partial charge in [0, 0.05) is 18.0 Å². The van der Waals surface area contributed by atoms with Gasteiger partial charge >= 0.3 is 0 Å². The SMILES string of the molecule is CNCCC(CNC(=O)c1ccc(F)c(F)c1)c1ccc(-c2ccccc2)c(C#N)c1. The van der Waals surface area contributed by atoms with E-state index < -0.39 is 17.5 Å². The van der Waals surface area contributed by atoms with E-state index in [1.54, 1.807) is 0 Å². The first-order valence-corrected chi connectivity index (χ1v) is 10.0. The molecule has 0 fully saturated rings. The lowest BCUT2D eigenvalue weighted by atomic mass is 9.90. The van der Waals surface area contributed by atoms with Crippen LogP contribution >= 0.6 is 0 Å². The van der Waals surface area contributed by atoms with Crippen LogP contribution in [0.25, 0.3) is 11.1 Å². The Morgan fingerprint density at radius 3 is 2.48 bits per heavy atom. The molecule has 0 heterocycles. The summed E-state index contributed by atoms with van der Waals surface area (Å²) in [6.45, 7) is 1.02. The normalized spacial score (nSPS) is 11.5. The van der Waals surface area contributed by atoms with Gasteiger partial charge in [0.05, 0.1) is 11.6 Å². The predicted octanol–water partition coefficient (Wildman–Crippen LogP) is 4.63. The fraction of sp³-hybridized carbons (Fsp3) is 0.200. The molecule has 158 valence electrons. The maximum absolute atomic E-state index is 13.4. The molecule has 0 spiro atoms.